The number of nitrogens with zero attached hydrogens (tertiary/aromatic N) is 1. The molecule has 2 amide bonds. The van der Waals surface area contributed by atoms with Crippen LogP contribution in [0.5, 0.6) is 0 Å². The number of carbonyl (C=O) groups is 4. The van der Waals surface area contributed by atoms with Gasteiger partial charge in [-0.15, -0.1) is 11.8 Å². The fourth-order valence-electron chi connectivity index (χ4n) is 3.23. The number of carboxylic acids is 2. The Balaban J connectivity index is 0.00000182. The fraction of sp³-hybridized carbons (Fsp3) is 0.467. The van der Waals surface area contributed by atoms with E-state index in [0.717, 1.165) is 0 Å². The van der Waals surface area contributed by atoms with Gasteiger partial charge in [0.15, 0.2) is 5.92 Å². The van der Waals surface area contributed by atoms with E-state index < -0.39 is 51.9 Å². The number of amides is 2. The summed E-state index contributed by atoms with van der Waals surface area (Å²) >= 11 is 2.56. The third-order valence-electron chi connectivity index (χ3n) is 4.36. The molecule has 0 bridgehead atoms. The van der Waals surface area contributed by atoms with Crippen LogP contribution in [0.15, 0.2) is 16.8 Å². The summed E-state index contributed by atoms with van der Waals surface area (Å²) in [6.07, 6.45) is 0. The number of fused-ring (bicyclic) bond motifs is 1. The van der Waals surface area contributed by atoms with Gasteiger partial charge in [0.2, 0.25) is 11.8 Å². The first kappa shape index (κ1) is 25.0. The largest absolute Gasteiger partial charge is 0.480 e. The zero-order valence-electron chi connectivity index (χ0n) is 15.3. The summed E-state index contributed by atoms with van der Waals surface area (Å²) in [6, 6.07) is -0.344. The summed E-state index contributed by atoms with van der Waals surface area (Å²) < 4.78 is -0.703. The summed E-state index contributed by atoms with van der Waals surface area (Å²) in [4.78, 5) is 48.9. The molecule has 0 spiro atoms. The number of rotatable bonds is 5. The molecule has 3 N–H and O–H groups in total. The van der Waals surface area contributed by atoms with E-state index in [0.29, 0.717) is 5.56 Å². The number of thioether (sulfide) groups is 1. The fourth-order valence-corrected chi connectivity index (χ4v) is 5.54. The van der Waals surface area contributed by atoms with Crippen LogP contribution < -0.4 is 5.32 Å². The van der Waals surface area contributed by atoms with Gasteiger partial charge in [0, 0.05) is 63.9 Å². The van der Waals surface area contributed by atoms with Crippen LogP contribution in [-0.4, -0.2) is 120 Å². The Kier molecular flexibility index (Phi) is 8.48. The Labute approximate surface area is 208 Å². The molecule has 4 atom stereocenters. The zero-order valence-corrected chi connectivity index (χ0v) is 21.0. The van der Waals surface area contributed by atoms with Crippen molar-refractivity contribution in [2.75, 3.05) is 0 Å². The molecule has 8 nitrogen and oxygen atoms in total. The molecule has 0 unspecified atom stereocenters. The number of aliphatic carboxylic acids is 2. The SMILES string of the molecule is CC1(C)S[C@@H]2[C@H](NC(=O)[C@H](C(=O)O)c3ccsc3)C(=O)N2[C@H]1C(=O)O.[Na].[Na]. The zero-order chi connectivity index (χ0) is 18.5. The van der Waals surface area contributed by atoms with Gasteiger partial charge in [-0.05, 0) is 36.2 Å². The number of hydrogen-bond donors (Lipinski definition) is 3. The smallest absolute Gasteiger partial charge is 0.327 e. The summed E-state index contributed by atoms with van der Waals surface area (Å²) in [5.74, 6) is -5.08. The van der Waals surface area contributed by atoms with E-state index in [4.69, 9.17) is 0 Å². The van der Waals surface area contributed by atoms with Crippen molar-refractivity contribution in [3.05, 3.63) is 22.4 Å². The van der Waals surface area contributed by atoms with Gasteiger partial charge >= 0.3 is 11.9 Å². The molecule has 3 rings (SSSR count). The van der Waals surface area contributed by atoms with Gasteiger partial charge in [0.05, 0.1) is 0 Å². The molecule has 136 valence electrons. The second-order valence-electron chi connectivity index (χ2n) is 6.41. The Bertz CT molecular complexity index is 757. The molecule has 0 saturated carbocycles. The summed E-state index contributed by atoms with van der Waals surface area (Å²) in [5, 5.41) is 23.9. The van der Waals surface area contributed by atoms with Gasteiger partial charge in [-0.3, -0.25) is 14.4 Å². The van der Waals surface area contributed by atoms with Crippen molar-refractivity contribution in [3.8, 4) is 0 Å². The van der Waals surface area contributed by atoms with E-state index in [1.54, 1.807) is 30.7 Å². The Morgan fingerprint density at radius 2 is 1.89 bits per heavy atom. The molecule has 12 heteroatoms. The predicted molar refractivity (Wildman–Crippen MR) is 102 cm³/mol. The second-order valence-corrected chi connectivity index (χ2v) is 8.96. The first-order valence-electron chi connectivity index (χ1n) is 7.43. The van der Waals surface area contributed by atoms with E-state index in [-0.39, 0.29) is 59.1 Å². The Morgan fingerprint density at radius 1 is 1.26 bits per heavy atom. The van der Waals surface area contributed by atoms with Gasteiger partial charge in [-0.25, -0.2) is 4.79 Å². The average Bonchev–Trinajstić information content (AvgIpc) is 3.09. The molecule has 2 fully saturated rings. The van der Waals surface area contributed by atoms with E-state index in [1.807, 2.05) is 0 Å². The summed E-state index contributed by atoms with van der Waals surface area (Å²) in [7, 11) is 0. The molecule has 2 aliphatic rings. The second kappa shape index (κ2) is 9.17. The van der Waals surface area contributed by atoms with Gasteiger partial charge in [0.25, 0.3) is 0 Å². The minimum Gasteiger partial charge on any atom is -0.480 e. The molecular weight excluding hydrogens is 414 g/mol. The van der Waals surface area contributed by atoms with Crippen molar-refractivity contribution in [3.63, 3.8) is 0 Å². The number of carboxylic acid groups (broad SMARTS) is 2. The van der Waals surface area contributed by atoms with Crippen LogP contribution in [0.4, 0.5) is 0 Å². The number of hydrogen-bond acceptors (Lipinski definition) is 6. The van der Waals surface area contributed by atoms with Crippen molar-refractivity contribution in [2.45, 2.75) is 42.0 Å². The Morgan fingerprint density at radius 3 is 2.37 bits per heavy atom. The van der Waals surface area contributed by atoms with Gasteiger partial charge < -0.3 is 20.4 Å². The number of carbonyl (C=O) groups excluding carboxylic acids is 2. The van der Waals surface area contributed by atoms with Crippen molar-refractivity contribution < 1.29 is 29.4 Å². The molecule has 0 aromatic carbocycles. The van der Waals surface area contributed by atoms with Crippen molar-refractivity contribution >= 4 is 106 Å². The van der Waals surface area contributed by atoms with E-state index in [9.17, 15) is 29.4 Å². The van der Waals surface area contributed by atoms with E-state index in [1.165, 1.54) is 28.0 Å². The molecule has 1 aromatic rings. The van der Waals surface area contributed by atoms with Crippen LogP contribution in [0, 0.1) is 0 Å². The van der Waals surface area contributed by atoms with Gasteiger partial charge in [-0.2, -0.15) is 11.3 Å². The third kappa shape index (κ3) is 4.42. The van der Waals surface area contributed by atoms with Crippen LogP contribution in [-0.2, 0) is 19.2 Å². The average molecular weight is 430 g/mol. The molecule has 1 aromatic heterocycles. The first-order chi connectivity index (χ1) is 11.6. The van der Waals surface area contributed by atoms with E-state index in [2.05, 4.69) is 5.32 Å². The first-order valence-corrected chi connectivity index (χ1v) is 9.25. The maximum atomic E-state index is 12.4. The summed E-state index contributed by atoms with van der Waals surface area (Å²) in [6.45, 7) is 3.46. The van der Waals surface area contributed by atoms with Crippen LogP contribution in [0.3, 0.4) is 0 Å². The Hall–Kier alpha value is -0.0700. The molecule has 2 aliphatic heterocycles. The number of thiophene rings is 1. The van der Waals surface area contributed by atoms with E-state index >= 15 is 0 Å². The van der Waals surface area contributed by atoms with Crippen LogP contribution in [0.2, 0.25) is 0 Å². The molecule has 2 radical (unpaired) electrons. The molecule has 0 aliphatic carbocycles. The van der Waals surface area contributed by atoms with Crippen molar-refractivity contribution in [1.29, 1.82) is 0 Å². The minimum atomic E-state index is -1.40. The topological polar surface area (TPSA) is 124 Å². The molecule has 2 saturated heterocycles. The third-order valence-corrected chi connectivity index (χ3v) is 6.63. The maximum absolute atomic E-state index is 12.4. The minimum absolute atomic E-state index is 0. The number of β-lactam (4-membered cyclic amide) rings is 1. The normalized spacial score (nSPS) is 25.9. The molecule has 3 heterocycles. The van der Waals surface area contributed by atoms with Crippen LogP contribution >= 0.6 is 23.1 Å². The number of nitrogens with one attached hydrogen (secondary N) is 1. The van der Waals surface area contributed by atoms with Crippen LogP contribution in [0.1, 0.15) is 25.3 Å². The monoisotopic (exact) mass is 430 g/mol. The summed E-state index contributed by atoms with van der Waals surface area (Å²) in [5.41, 5.74) is 0.349. The maximum Gasteiger partial charge on any atom is 0.327 e. The molecular formula is C15H16N2Na2O6S2. The quantitative estimate of drug-likeness (QED) is 0.335. The van der Waals surface area contributed by atoms with Crippen molar-refractivity contribution in [2.24, 2.45) is 0 Å². The van der Waals surface area contributed by atoms with Crippen molar-refractivity contribution in [1.82, 2.24) is 10.2 Å². The van der Waals surface area contributed by atoms with Crippen LogP contribution in [0.25, 0.3) is 0 Å². The van der Waals surface area contributed by atoms with Gasteiger partial charge in [-0.1, -0.05) is 0 Å². The van der Waals surface area contributed by atoms with Gasteiger partial charge in [0.1, 0.15) is 17.5 Å². The standard InChI is InChI=1S/C15H16N2O6S2.2Na/c1-15(2)9(14(22)23)17-11(19)8(12(17)25-15)16-10(18)7(13(20)21)6-3-4-24-5-6;;/h3-5,7-9,12H,1-2H3,(H,16,18)(H,20,21)(H,22,23);;/t7-,8-,9+,12-;;/m1../s1. The molecule has 27 heavy (non-hydrogen) atoms. The predicted octanol–water partition coefficient (Wildman–Crippen LogP) is -0.214.